The lowest BCUT2D eigenvalue weighted by molar-refractivity contribution is 0.660. The topological polar surface area (TPSA) is 51.4 Å². The third-order valence-electron chi connectivity index (χ3n) is 3.18. The van der Waals surface area contributed by atoms with E-state index in [4.69, 9.17) is 12.2 Å². The fourth-order valence-electron chi connectivity index (χ4n) is 2.08. The van der Waals surface area contributed by atoms with Crippen molar-refractivity contribution in [2.24, 2.45) is 0 Å². The first-order valence-corrected chi connectivity index (χ1v) is 6.87. The number of benzene rings is 1. The van der Waals surface area contributed by atoms with Crippen LogP contribution in [0.1, 0.15) is 12.5 Å². The van der Waals surface area contributed by atoms with Gasteiger partial charge in [-0.1, -0.05) is 17.7 Å². The first-order chi connectivity index (χ1) is 9.69. The Kier molecular flexibility index (Phi) is 3.23. The number of nitrogens with zero attached hydrogens (tertiary/aromatic N) is 4. The van der Waals surface area contributed by atoms with Gasteiger partial charge in [0.2, 0.25) is 0 Å². The third-order valence-corrected chi connectivity index (χ3v) is 3.45. The lowest BCUT2D eigenvalue weighted by Crippen LogP contribution is -1.97. The first-order valence-electron chi connectivity index (χ1n) is 6.46. The summed E-state index contributed by atoms with van der Waals surface area (Å²) in [7, 11) is 0. The van der Waals surface area contributed by atoms with Gasteiger partial charge < -0.3 is 0 Å². The van der Waals surface area contributed by atoms with Crippen molar-refractivity contribution in [1.82, 2.24) is 24.5 Å². The molecule has 2 heterocycles. The maximum absolute atomic E-state index is 5.34. The number of aromatic amines is 1. The summed E-state index contributed by atoms with van der Waals surface area (Å²) in [6.45, 7) is 4.94. The lowest BCUT2D eigenvalue weighted by atomic mass is 10.2. The van der Waals surface area contributed by atoms with Crippen LogP contribution in [0, 0.1) is 11.7 Å². The second-order valence-corrected chi connectivity index (χ2v) is 4.99. The number of aryl methyl sites for hydroxylation is 2. The number of aromatic nitrogens is 5. The third kappa shape index (κ3) is 2.18. The predicted octanol–water partition coefficient (Wildman–Crippen LogP) is 3.12. The summed E-state index contributed by atoms with van der Waals surface area (Å²) in [5, 5.41) is 11.5. The van der Waals surface area contributed by atoms with Gasteiger partial charge in [-0.3, -0.25) is 14.3 Å². The van der Waals surface area contributed by atoms with Crippen LogP contribution in [0.3, 0.4) is 0 Å². The molecule has 0 radical (unpaired) electrons. The summed E-state index contributed by atoms with van der Waals surface area (Å²) < 4.78 is 4.37. The van der Waals surface area contributed by atoms with E-state index in [2.05, 4.69) is 34.4 Å². The maximum atomic E-state index is 5.34. The molecular formula is C14H15N5S. The van der Waals surface area contributed by atoms with E-state index >= 15 is 0 Å². The maximum Gasteiger partial charge on any atom is 0.200 e. The molecule has 0 bridgehead atoms. The van der Waals surface area contributed by atoms with Crippen molar-refractivity contribution < 1.29 is 0 Å². The van der Waals surface area contributed by atoms with Crippen LogP contribution in [-0.2, 0) is 6.54 Å². The first kappa shape index (κ1) is 12.8. The monoisotopic (exact) mass is 285 g/mol. The summed E-state index contributed by atoms with van der Waals surface area (Å²) in [5.41, 5.74) is 3.15. The Morgan fingerprint density at radius 3 is 2.65 bits per heavy atom. The highest BCUT2D eigenvalue weighted by Crippen LogP contribution is 2.21. The molecule has 3 aromatic rings. The van der Waals surface area contributed by atoms with E-state index in [1.807, 2.05) is 34.5 Å². The minimum atomic E-state index is 0.577. The van der Waals surface area contributed by atoms with Crippen LogP contribution in [0.15, 0.2) is 36.7 Å². The Morgan fingerprint density at radius 1 is 1.25 bits per heavy atom. The van der Waals surface area contributed by atoms with Crippen LogP contribution in [0.5, 0.6) is 0 Å². The Bertz CT molecular complexity index is 779. The fraction of sp³-hybridized carbons (Fsp3) is 0.214. The zero-order valence-corrected chi connectivity index (χ0v) is 12.2. The van der Waals surface area contributed by atoms with E-state index in [1.54, 1.807) is 6.20 Å². The Balaban J connectivity index is 2.14. The highest BCUT2D eigenvalue weighted by atomic mass is 32.1. The molecule has 1 aromatic carbocycles. The molecule has 0 atom stereocenters. The van der Waals surface area contributed by atoms with E-state index < -0.39 is 0 Å². The van der Waals surface area contributed by atoms with Gasteiger partial charge in [0.25, 0.3) is 0 Å². The smallest absolute Gasteiger partial charge is 0.200 e. The summed E-state index contributed by atoms with van der Waals surface area (Å²) >= 11 is 5.34. The molecule has 0 fully saturated rings. The van der Waals surface area contributed by atoms with Gasteiger partial charge in [0.1, 0.15) is 0 Å². The van der Waals surface area contributed by atoms with Gasteiger partial charge in [-0.2, -0.15) is 10.2 Å². The van der Waals surface area contributed by atoms with Crippen LogP contribution in [0.2, 0.25) is 0 Å². The standard InChI is InChI=1S/C14H15N5S/c1-3-18-9-11(8-15-18)13-16-17-14(20)19(13)12-6-4-10(2)5-7-12/h4-9H,3H2,1-2H3,(H,17,20). The molecule has 0 spiro atoms. The second-order valence-electron chi connectivity index (χ2n) is 4.61. The summed E-state index contributed by atoms with van der Waals surface area (Å²) in [6.07, 6.45) is 3.77. The molecule has 0 aliphatic rings. The predicted molar refractivity (Wildman–Crippen MR) is 80.4 cm³/mol. The van der Waals surface area contributed by atoms with Crippen LogP contribution in [-0.4, -0.2) is 24.5 Å². The lowest BCUT2D eigenvalue weighted by Gasteiger charge is -2.05. The quantitative estimate of drug-likeness (QED) is 0.752. The van der Waals surface area contributed by atoms with E-state index in [9.17, 15) is 0 Å². The van der Waals surface area contributed by atoms with E-state index in [0.29, 0.717) is 4.77 Å². The minimum Gasteiger partial charge on any atom is -0.272 e. The van der Waals surface area contributed by atoms with Gasteiger partial charge in [-0.05, 0) is 38.2 Å². The van der Waals surface area contributed by atoms with E-state index in [-0.39, 0.29) is 0 Å². The average molecular weight is 285 g/mol. The number of nitrogens with one attached hydrogen (secondary N) is 1. The molecule has 6 heteroatoms. The molecule has 20 heavy (non-hydrogen) atoms. The van der Waals surface area contributed by atoms with E-state index in [0.717, 1.165) is 23.6 Å². The van der Waals surface area contributed by atoms with Gasteiger partial charge >= 0.3 is 0 Å². The zero-order valence-electron chi connectivity index (χ0n) is 11.4. The van der Waals surface area contributed by atoms with Gasteiger partial charge in [-0.15, -0.1) is 0 Å². The number of hydrogen-bond acceptors (Lipinski definition) is 3. The summed E-state index contributed by atoms with van der Waals surface area (Å²) in [6, 6.07) is 8.19. The molecule has 5 nitrogen and oxygen atoms in total. The molecule has 3 rings (SSSR count). The normalized spacial score (nSPS) is 10.9. The number of H-pyrrole nitrogens is 1. The SMILES string of the molecule is CCn1cc(-c2n[nH]c(=S)n2-c2ccc(C)cc2)cn1. The number of hydrogen-bond donors (Lipinski definition) is 1. The van der Waals surface area contributed by atoms with Crippen LogP contribution in [0.25, 0.3) is 17.1 Å². The van der Waals surface area contributed by atoms with Gasteiger partial charge in [0.05, 0.1) is 11.8 Å². The van der Waals surface area contributed by atoms with Gasteiger partial charge in [0, 0.05) is 18.4 Å². The van der Waals surface area contributed by atoms with Crippen molar-refractivity contribution in [3.8, 4) is 17.1 Å². The zero-order chi connectivity index (χ0) is 14.1. The molecule has 1 N–H and O–H groups in total. The average Bonchev–Trinajstić information content (AvgIpc) is 3.06. The fourth-order valence-corrected chi connectivity index (χ4v) is 2.31. The molecule has 2 aromatic heterocycles. The molecule has 0 aliphatic heterocycles. The Labute approximate surface area is 121 Å². The van der Waals surface area contributed by atoms with Gasteiger partial charge in [0.15, 0.2) is 10.6 Å². The molecule has 102 valence electrons. The van der Waals surface area contributed by atoms with Crippen molar-refractivity contribution in [3.05, 3.63) is 47.0 Å². The van der Waals surface area contributed by atoms with Crippen molar-refractivity contribution in [1.29, 1.82) is 0 Å². The highest BCUT2D eigenvalue weighted by Gasteiger charge is 2.12. The van der Waals surface area contributed by atoms with Crippen LogP contribution >= 0.6 is 12.2 Å². The van der Waals surface area contributed by atoms with Crippen molar-refractivity contribution in [2.45, 2.75) is 20.4 Å². The molecular weight excluding hydrogens is 270 g/mol. The molecule has 0 unspecified atom stereocenters. The van der Waals surface area contributed by atoms with Gasteiger partial charge in [-0.25, -0.2) is 0 Å². The summed E-state index contributed by atoms with van der Waals surface area (Å²) in [4.78, 5) is 0. The largest absolute Gasteiger partial charge is 0.272 e. The molecule has 0 amide bonds. The van der Waals surface area contributed by atoms with Crippen molar-refractivity contribution in [3.63, 3.8) is 0 Å². The molecule has 0 saturated heterocycles. The van der Waals surface area contributed by atoms with Crippen molar-refractivity contribution >= 4 is 12.2 Å². The second kappa shape index (κ2) is 5.05. The Morgan fingerprint density at radius 2 is 2.00 bits per heavy atom. The highest BCUT2D eigenvalue weighted by molar-refractivity contribution is 7.71. The van der Waals surface area contributed by atoms with Crippen molar-refractivity contribution in [2.75, 3.05) is 0 Å². The van der Waals surface area contributed by atoms with E-state index in [1.165, 1.54) is 5.56 Å². The molecule has 0 saturated carbocycles. The minimum absolute atomic E-state index is 0.577. The van der Waals surface area contributed by atoms with Crippen LogP contribution in [0.4, 0.5) is 0 Å². The van der Waals surface area contributed by atoms with Crippen LogP contribution < -0.4 is 0 Å². The molecule has 0 aliphatic carbocycles. The Hall–Kier alpha value is -2.21. The summed E-state index contributed by atoms with van der Waals surface area (Å²) in [5.74, 6) is 0.776. The number of rotatable bonds is 3.